The van der Waals surface area contributed by atoms with E-state index in [-0.39, 0.29) is 11.9 Å². The fourth-order valence-corrected chi connectivity index (χ4v) is 2.57. The summed E-state index contributed by atoms with van der Waals surface area (Å²) in [4.78, 5) is 16.0. The third-order valence-corrected chi connectivity index (χ3v) is 3.73. The first-order valence-electron chi connectivity index (χ1n) is 5.67. The quantitative estimate of drug-likeness (QED) is 0.832. The van der Waals surface area contributed by atoms with Crippen LogP contribution in [0.25, 0.3) is 0 Å². The number of carbonyl (C=O) groups is 1. The molecule has 1 aliphatic rings. The van der Waals surface area contributed by atoms with E-state index >= 15 is 0 Å². The van der Waals surface area contributed by atoms with E-state index in [1.807, 2.05) is 5.38 Å². The largest absolute Gasteiger partial charge is 0.348 e. The lowest BCUT2D eigenvalue weighted by Gasteiger charge is -2.28. The van der Waals surface area contributed by atoms with Gasteiger partial charge in [-0.05, 0) is 25.3 Å². The minimum absolute atomic E-state index is 0.0336. The smallest absolute Gasteiger partial charge is 0.237 e. The number of thiazole rings is 1. The van der Waals surface area contributed by atoms with Crippen LogP contribution in [0.15, 0.2) is 11.6 Å². The zero-order valence-corrected chi connectivity index (χ0v) is 10.2. The molecule has 2 unspecified atom stereocenters. The summed E-state index contributed by atoms with van der Waals surface area (Å²) < 4.78 is 0. The van der Waals surface area contributed by atoms with Gasteiger partial charge in [-0.15, -0.1) is 11.3 Å². The van der Waals surface area contributed by atoms with Crippen LogP contribution in [0, 0.1) is 5.92 Å². The summed E-state index contributed by atoms with van der Waals surface area (Å²) in [5, 5.41) is 9.08. The van der Waals surface area contributed by atoms with E-state index < -0.39 is 0 Å². The summed E-state index contributed by atoms with van der Waals surface area (Å²) in [7, 11) is 0. The second-order valence-corrected chi connectivity index (χ2v) is 5.17. The topological polar surface area (TPSA) is 54.0 Å². The van der Waals surface area contributed by atoms with E-state index in [1.54, 1.807) is 17.5 Å². The van der Waals surface area contributed by atoms with Crippen LogP contribution in [-0.2, 0) is 11.3 Å². The molecule has 0 radical (unpaired) electrons. The zero-order chi connectivity index (χ0) is 11.4. The second-order valence-electron chi connectivity index (χ2n) is 4.19. The highest BCUT2D eigenvalue weighted by atomic mass is 32.1. The Labute approximate surface area is 99.5 Å². The van der Waals surface area contributed by atoms with Crippen molar-refractivity contribution in [3.8, 4) is 0 Å². The van der Waals surface area contributed by atoms with Crippen molar-refractivity contribution in [3.63, 3.8) is 0 Å². The Morgan fingerprint density at radius 3 is 3.31 bits per heavy atom. The number of nitrogens with one attached hydrogen (secondary N) is 2. The van der Waals surface area contributed by atoms with Gasteiger partial charge in [0.2, 0.25) is 5.91 Å². The van der Waals surface area contributed by atoms with Gasteiger partial charge in [0.1, 0.15) is 5.01 Å². The first-order valence-corrected chi connectivity index (χ1v) is 6.55. The minimum atomic E-state index is -0.0336. The predicted octanol–water partition coefficient (Wildman–Crippen LogP) is 1.15. The van der Waals surface area contributed by atoms with Crippen LogP contribution >= 0.6 is 11.3 Å². The van der Waals surface area contributed by atoms with E-state index in [0.717, 1.165) is 24.4 Å². The summed E-state index contributed by atoms with van der Waals surface area (Å²) in [5.41, 5.74) is 0. The van der Waals surface area contributed by atoms with Crippen molar-refractivity contribution in [1.29, 1.82) is 0 Å². The van der Waals surface area contributed by atoms with Crippen molar-refractivity contribution in [3.05, 3.63) is 16.6 Å². The van der Waals surface area contributed by atoms with Crippen molar-refractivity contribution in [1.82, 2.24) is 15.6 Å². The number of aromatic nitrogens is 1. The Morgan fingerprint density at radius 2 is 2.62 bits per heavy atom. The maximum absolute atomic E-state index is 11.9. The molecule has 16 heavy (non-hydrogen) atoms. The molecular weight excluding hydrogens is 222 g/mol. The summed E-state index contributed by atoms with van der Waals surface area (Å²) in [6.07, 6.45) is 4.05. The first kappa shape index (κ1) is 11.5. The van der Waals surface area contributed by atoms with Gasteiger partial charge in [0, 0.05) is 11.6 Å². The summed E-state index contributed by atoms with van der Waals surface area (Å²) >= 11 is 1.57. The minimum Gasteiger partial charge on any atom is -0.348 e. The van der Waals surface area contributed by atoms with Gasteiger partial charge in [-0.2, -0.15) is 0 Å². The van der Waals surface area contributed by atoms with Gasteiger partial charge in [0.25, 0.3) is 0 Å². The Morgan fingerprint density at radius 1 is 1.75 bits per heavy atom. The standard InChI is InChI=1S/C11H17N3OS/c1-8-3-2-4-13-10(8)11(15)14-7-9-12-5-6-16-9/h5-6,8,10,13H,2-4,7H2,1H3,(H,14,15). The molecule has 1 amide bonds. The van der Waals surface area contributed by atoms with Crippen LogP contribution in [0.2, 0.25) is 0 Å². The molecule has 2 N–H and O–H groups in total. The normalized spacial score (nSPS) is 25.3. The van der Waals surface area contributed by atoms with Crippen molar-refractivity contribution in [2.75, 3.05) is 6.54 Å². The molecule has 0 aromatic carbocycles. The van der Waals surface area contributed by atoms with Crippen LogP contribution in [0.4, 0.5) is 0 Å². The maximum atomic E-state index is 11.9. The molecule has 0 saturated carbocycles. The molecule has 4 nitrogen and oxygen atoms in total. The molecule has 1 aromatic heterocycles. The molecular formula is C11H17N3OS. The van der Waals surface area contributed by atoms with Gasteiger partial charge in [-0.1, -0.05) is 6.92 Å². The van der Waals surface area contributed by atoms with Crippen molar-refractivity contribution < 1.29 is 4.79 Å². The number of nitrogens with zero attached hydrogens (tertiary/aromatic N) is 1. The number of piperidine rings is 1. The van der Waals surface area contributed by atoms with E-state index in [0.29, 0.717) is 12.5 Å². The van der Waals surface area contributed by atoms with Crippen LogP contribution in [0.1, 0.15) is 24.8 Å². The lowest BCUT2D eigenvalue weighted by Crippen LogP contribution is -2.50. The second kappa shape index (κ2) is 5.41. The fraction of sp³-hybridized carbons (Fsp3) is 0.636. The molecule has 0 bridgehead atoms. The van der Waals surface area contributed by atoms with E-state index in [1.165, 1.54) is 0 Å². The third kappa shape index (κ3) is 2.80. The molecule has 1 saturated heterocycles. The molecule has 5 heteroatoms. The predicted molar refractivity (Wildman–Crippen MR) is 64.1 cm³/mol. The molecule has 2 atom stereocenters. The molecule has 1 aliphatic heterocycles. The molecule has 1 aromatic rings. The van der Waals surface area contributed by atoms with Crippen molar-refractivity contribution in [2.45, 2.75) is 32.4 Å². The van der Waals surface area contributed by atoms with Gasteiger partial charge in [-0.3, -0.25) is 4.79 Å². The van der Waals surface area contributed by atoms with Gasteiger partial charge in [0.15, 0.2) is 0 Å². The highest BCUT2D eigenvalue weighted by molar-refractivity contribution is 7.09. The molecule has 1 fully saturated rings. The zero-order valence-electron chi connectivity index (χ0n) is 9.40. The lowest BCUT2D eigenvalue weighted by molar-refractivity contribution is -0.125. The Kier molecular flexibility index (Phi) is 3.90. The summed E-state index contributed by atoms with van der Waals surface area (Å²) in [5.74, 6) is 0.521. The monoisotopic (exact) mass is 239 g/mol. The van der Waals surface area contributed by atoms with E-state index in [9.17, 15) is 4.79 Å². The number of amides is 1. The molecule has 88 valence electrons. The molecule has 2 rings (SSSR count). The third-order valence-electron chi connectivity index (χ3n) is 2.95. The average molecular weight is 239 g/mol. The summed E-state index contributed by atoms with van der Waals surface area (Å²) in [6, 6.07) is -0.0336. The van der Waals surface area contributed by atoms with Gasteiger partial charge < -0.3 is 10.6 Å². The van der Waals surface area contributed by atoms with Gasteiger partial charge >= 0.3 is 0 Å². The van der Waals surface area contributed by atoms with Gasteiger partial charge in [-0.25, -0.2) is 4.98 Å². The summed E-state index contributed by atoms with van der Waals surface area (Å²) in [6.45, 7) is 3.61. The first-order chi connectivity index (χ1) is 7.77. The number of hydrogen-bond acceptors (Lipinski definition) is 4. The van der Waals surface area contributed by atoms with Crippen LogP contribution in [0.3, 0.4) is 0 Å². The Hall–Kier alpha value is -0.940. The Bertz CT molecular complexity index is 339. The molecule has 0 aliphatic carbocycles. The van der Waals surface area contributed by atoms with Crippen LogP contribution < -0.4 is 10.6 Å². The number of hydrogen-bond donors (Lipinski definition) is 2. The van der Waals surface area contributed by atoms with Gasteiger partial charge in [0.05, 0.1) is 12.6 Å². The average Bonchev–Trinajstić information content (AvgIpc) is 2.79. The van der Waals surface area contributed by atoms with Crippen molar-refractivity contribution >= 4 is 17.2 Å². The van der Waals surface area contributed by atoms with E-state index in [4.69, 9.17) is 0 Å². The highest BCUT2D eigenvalue weighted by Crippen LogP contribution is 2.15. The highest BCUT2D eigenvalue weighted by Gasteiger charge is 2.26. The van der Waals surface area contributed by atoms with Crippen LogP contribution in [-0.4, -0.2) is 23.5 Å². The lowest BCUT2D eigenvalue weighted by atomic mass is 9.92. The van der Waals surface area contributed by atoms with Crippen LogP contribution in [0.5, 0.6) is 0 Å². The molecule has 2 heterocycles. The fourth-order valence-electron chi connectivity index (χ4n) is 2.01. The van der Waals surface area contributed by atoms with E-state index in [2.05, 4.69) is 22.5 Å². The molecule has 0 spiro atoms. The Balaban J connectivity index is 1.83. The maximum Gasteiger partial charge on any atom is 0.237 e. The van der Waals surface area contributed by atoms with Crippen molar-refractivity contribution in [2.24, 2.45) is 5.92 Å². The number of carbonyl (C=O) groups excluding carboxylic acids is 1. The number of rotatable bonds is 3. The SMILES string of the molecule is CC1CCCNC1C(=O)NCc1nccs1.